The molecule has 2 aromatic carbocycles. The molecule has 2 fully saturated rings. The molecule has 4 N–H and O–H groups in total. The van der Waals surface area contributed by atoms with E-state index >= 15 is 0 Å². The molecular weight excluding hydrogens is 763 g/mol. The van der Waals surface area contributed by atoms with Crippen molar-refractivity contribution in [1.29, 1.82) is 0 Å². The largest absolute Gasteiger partial charge is 0.491 e. The van der Waals surface area contributed by atoms with Crippen LogP contribution in [0.3, 0.4) is 0 Å². The van der Waals surface area contributed by atoms with Crippen LogP contribution in [0.4, 0.5) is 10.6 Å². The van der Waals surface area contributed by atoms with Gasteiger partial charge in [-0.2, -0.15) is 5.10 Å². The number of imide groups is 1. The first kappa shape index (κ1) is 43.1. The van der Waals surface area contributed by atoms with Crippen LogP contribution in [0, 0.1) is 0 Å². The standard InChI is InChI=1S/C42H55N7O10/c1-27(2)43-41(53)59-31-12-11-29(24-31)32-26-37(47-46-32)44-39(51)25-30-8-4-5-9-36(30)58-22-21-57-20-19-56-18-17-55-16-6-7-28-10-13-33-35(23-28)48(3)42(54)49(33)34-14-15-38(50)45-40(34)52/h4-5,8-10,13,23,26-27,29,31,34H,6-7,11-12,14-22,24-25H2,1-3H3,(H,43,53)(H,45,50,52)(H2,44,46,47,51)/t29-,31+,34?/m1/s1. The van der Waals surface area contributed by atoms with E-state index in [9.17, 15) is 24.0 Å². The minimum Gasteiger partial charge on any atom is -0.491 e. The minimum atomic E-state index is -0.704. The average molecular weight is 818 g/mol. The zero-order chi connectivity index (χ0) is 41.7. The summed E-state index contributed by atoms with van der Waals surface area (Å²) < 4.78 is 31.5. The number of aromatic nitrogens is 4. The van der Waals surface area contributed by atoms with Gasteiger partial charge in [0.2, 0.25) is 17.7 Å². The molecule has 1 aliphatic heterocycles. The van der Waals surface area contributed by atoms with Gasteiger partial charge >= 0.3 is 11.8 Å². The van der Waals surface area contributed by atoms with Crippen molar-refractivity contribution in [3.63, 3.8) is 0 Å². The molecule has 2 aliphatic rings. The summed E-state index contributed by atoms with van der Waals surface area (Å²) in [6.07, 6.45) is 3.90. The van der Waals surface area contributed by atoms with Crippen molar-refractivity contribution in [3.8, 4) is 5.75 Å². The van der Waals surface area contributed by atoms with Gasteiger partial charge in [-0.1, -0.05) is 24.3 Å². The molecule has 17 nitrogen and oxygen atoms in total. The van der Waals surface area contributed by atoms with Gasteiger partial charge in [0.15, 0.2) is 0 Å². The molecule has 4 amide bonds. The van der Waals surface area contributed by atoms with Gasteiger partial charge in [-0.25, -0.2) is 9.59 Å². The topological polar surface area (TPSA) is 206 Å². The predicted octanol–water partition coefficient (Wildman–Crippen LogP) is 4.05. The van der Waals surface area contributed by atoms with Crippen LogP contribution in [-0.2, 0) is 53.2 Å². The highest BCUT2D eigenvalue weighted by molar-refractivity contribution is 6.00. The third kappa shape index (κ3) is 12.0. The van der Waals surface area contributed by atoms with Gasteiger partial charge in [-0.05, 0) is 76.1 Å². The lowest BCUT2D eigenvalue weighted by Gasteiger charge is -2.21. The van der Waals surface area contributed by atoms with Crippen LogP contribution in [0.15, 0.2) is 53.3 Å². The second kappa shape index (κ2) is 20.9. The summed E-state index contributed by atoms with van der Waals surface area (Å²) in [7, 11) is 1.69. The van der Waals surface area contributed by atoms with Crippen molar-refractivity contribution in [3.05, 3.63) is 75.8 Å². The van der Waals surface area contributed by atoms with Crippen molar-refractivity contribution in [2.45, 2.75) is 89.3 Å². The zero-order valence-electron chi connectivity index (χ0n) is 34.0. The van der Waals surface area contributed by atoms with Gasteiger partial charge in [0.1, 0.15) is 30.3 Å². The number of hydrogen-bond donors (Lipinski definition) is 4. The molecule has 1 saturated heterocycles. The monoisotopic (exact) mass is 817 g/mol. The number of nitrogens with one attached hydrogen (secondary N) is 4. The summed E-state index contributed by atoms with van der Waals surface area (Å²) in [5, 5.41) is 15.3. The van der Waals surface area contributed by atoms with E-state index in [0.717, 1.165) is 48.0 Å². The van der Waals surface area contributed by atoms with E-state index in [1.54, 1.807) is 7.05 Å². The van der Waals surface area contributed by atoms with Crippen LogP contribution in [-0.4, -0.2) is 102 Å². The van der Waals surface area contributed by atoms with E-state index in [1.807, 2.05) is 62.4 Å². The number of amides is 4. The van der Waals surface area contributed by atoms with E-state index in [-0.39, 0.29) is 48.4 Å². The number of fused-ring (bicyclic) bond motifs is 1. The number of piperidine rings is 1. The number of H-pyrrole nitrogens is 1. The Labute approximate surface area is 342 Å². The first-order chi connectivity index (χ1) is 28.5. The number of anilines is 1. The van der Waals surface area contributed by atoms with Crippen molar-refractivity contribution >= 4 is 40.7 Å². The van der Waals surface area contributed by atoms with Crippen LogP contribution in [0.2, 0.25) is 0 Å². The van der Waals surface area contributed by atoms with E-state index in [0.29, 0.717) is 76.2 Å². The molecule has 4 aromatic rings. The van der Waals surface area contributed by atoms with Gasteiger partial charge in [0.25, 0.3) is 0 Å². The third-order valence-corrected chi connectivity index (χ3v) is 10.3. The fourth-order valence-electron chi connectivity index (χ4n) is 7.43. The summed E-state index contributed by atoms with van der Waals surface area (Å²) in [6.45, 7) is 6.70. The third-order valence-electron chi connectivity index (χ3n) is 10.3. The summed E-state index contributed by atoms with van der Waals surface area (Å²) in [4.78, 5) is 61.9. The predicted molar refractivity (Wildman–Crippen MR) is 217 cm³/mol. The van der Waals surface area contributed by atoms with E-state index in [1.165, 1.54) is 9.13 Å². The number of aryl methyl sites for hydroxylation is 2. The Bertz CT molecular complexity index is 2130. The lowest BCUT2D eigenvalue weighted by atomic mass is 10.0. The van der Waals surface area contributed by atoms with Gasteiger partial charge in [-0.15, -0.1) is 0 Å². The maximum absolute atomic E-state index is 13.0. The van der Waals surface area contributed by atoms with Crippen LogP contribution in [0.5, 0.6) is 5.75 Å². The Morgan fingerprint density at radius 1 is 0.898 bits per heavy atom. The second-order valence-corrected chi connectivity index (χ2v) is 15.2. The van der Waals surface area contributed by atoms with Crippen molar-refractivity contribution in [1.82, 2.24) is 30.0 Å². The molecule has 0 bridgehead atoms. The number of carbonyl (C=O) groups is 4. The number of benzene rings is 2. The molecule has 1 aliphatic carbocycles. The maximum Gasteiger partial charge on any atom is 0.407 e. The second-order valence-electron chi connectivity index (χ2n) is 15.2. The summed E-state index contributed by atoms with van der Waals surface area (Å²) in [5.41, 5.74) is 3.76. The molecule has 0 spiro atoms. The van der Waals surface area contributed by atoms with Crippen molar-refractivity contribution < 1.29 is 42.9 Å². The van der Waals surface area contributed by atoms with E-state index in [2.05, 4.69) is 26.1 Å². The molecule has 3 atom stereocenters. The number of nitrogens with zero attached hydrogens (tertiary/aromatic N) is 3. The zero-order valence-corrected chi connectivity index (χ0v) is 34.0. The Balaban J connectivity index is 0.805. The average Bonchev–Trinajstić information content (AvgIpc) is 3.92. The summed E-state index contributed by atoms with van der Waals surface area (Å²) in [6, 6.07) is 14.3. The molecule has 1 saturated carbocycles. The quantitative estimate of drug-likeness (QED) is 0.0697. The fraction of sp³-hybridized carbons (Fsp3) is 0.524. The van der Waals surface area contributed by atoms with Crippen LogP contribution in [0.1, 0.15) is 81.2 Å². The molecule has 318 valence electrons. The number of carbonyl (C=O) groups excluding carboxylic acids is 4. The first-order valence-electron chi connectivity index (χ1n) is 20.4. The lowest BCUT2D eigenvalue weighted by Crippen LogP contribution is -2.44. The molecule has 59 heavy (non-hydrogen) atoms. The Morgan fingerprint density at radius 3 is 2.41 bits per heavy atom. The van der Waals surface area contributed by atoms with Crippen molar-refractivity contribution in [2.75, 3.05) is 51.6 Å². The molecule has 6 rings (SSSR count). The van der Waals surface area contributed by atoms with E-state index < -0.39 is 18.0 Å². The minimum absolute atomic E-state index is 0.0140. The Kier molecular flexibility index (Phi) is 15.3. The number of hydrogen-bond acceptors (Lipinski definition) is 11. The van der Waals surface area contributed by atoms with Gasteiger partial charge in [0, 0.05) is 43.7 Å². The lowest BCUT2D eigenvalue weighted by molar-refractivity contribution is -0.135. The SMILES string of the molecule is CC(C)NC(=O)O[C@H]1CC[C@@H](c2cc(NC(=O)Cc3ccccc3OCCOCCOCCOCCCc3ccc4c(c3)n(C)c(=O)n4C3CCC(=O)NC3=O)[nH]n2)C1. The Hall–Kier alpha value is -5.52. The normalized spacial score (nSPS) is 18.0. The highest BCUT2D eigenvalue weighted by Gasteiger charge is 2.32. The highest BCUT2D eigenvalue weighted by atomic mass is 16.6. The van der Waals surface area contributed by atoms with Crippen LogP contribution in [0.25, 0.3) is 11.0 Å². The number of imidazole rings is 1. The molecule has 1 unspecified atom stereocenters. The van der Waals surface area contributed by atoms with Gasteiger partial charge < -0.3 is 34.3 Å². The highest BCUT2D eigenvalue weighted by Crippen LogP contribution is 2.36. The number of aromatic amines is 1. The molecular formula is C42H55N7O10. The van der Waals surface area contributed by atoms with Gasteiger partial charge in [-0.3, -0.25) is 33.9 Å². The number of alkyl carbamates (subject to hydrolysis) is 1. The van der Waals surface area contributed by atoms with Crippen LogP contribution < -0.4 is 26.4 Å². The molecule has 3 heterocycles. The maximum atomic E-state index is 13.0. The smallest absolute Gasteiger partial charge is 0.407 e. The van der Waals surface area contributed by atoms with Crippen molar-refractivity contribution in [2.24, 2.45) is 7.05 Å². The molecule has 0 radical (unpaired) electrons. The molecule has 2 aromatic heterocycles. The van der Waals surface area contributed by atoms with E-state index in [4.69, 9.17) is 23.7 Å². The number of ether oxygens (including phenoxy) is 5. The Morgan fingerprint density at radius 2 is 1.64 bits per heavy atom. The van der Waals surface area contributed by atoms with Crippen LogP contribution >= 0.6 is 0 Å². The number of para-hydroxylation sites is 1. The molecule has 17 heteroatoms. The first-order valence-corrected chi connectivity index (χ1v) is 20.4. The van der Waals surface area contributed by atoms with Gasteiger partial charge in [0.05, 0.1) is 56.2 Å². The fourth-order valence-corrected chi connectivity index (χ4v) is 7.43. The summed E-state index contributed by atoms with van der Waals surface area (Å²) in [5.74, 6) is 0.286. The summed E-state index contributed by atoms with van der Waals surface area (Å²) >= 11 is 0. The number of rotatable bonds is 21.